The summed E-state index contributed by atoms with van der Waals surface area (Å²) < 4.78 is 0. The number of rotatable bonds is 6. The molecule has 0 fully saturated rings. The molecule has 0 saturated heterocycles. The van der Waals surface area contributed by atoms with Crippen LogP contribution in [-0.2, 0) is 4.79 Å². The fourth-order valence-electron chi connectivity index (χ4n) is 1.77. The van der Waals surface area contributed by atoms with Gasteiger partial charge in [0.05, 0.1) is 16.1 Å². The number of aromatic carboxylic acids is 1. The lowest BCUT2D eigenvalue weighted by Gasteiger charge is -2.07. The van der Waals surface area contributed by atoms with E-state index >= 15 is 0 Å². The molecule has 7 heteroatoms. The Hall–Kier alpha value is -2.67. The molecule has 0 saturated carbocycles. The van der Waals surface area contributed by atoms with E-state index < -0.39 is 11.9 Å². The van der Waals surface area contributed by atoms with Crippen LogP contribution in [0.3, 0.4) is 0 Å². The summed E-state index contributed by atoms with van der Waals surface area (Å²) in [6, 6.07) is 7.09. The highest BCUT2D eigenvalue weighted by atomic mass is 32.1. The second kappa shape index (κ2) is 6.86. The first-order valence-corrected chi connectivity index (χ1v) is 7.28. The largest absolute Gasteiger partial charge is 0.506 e. The number of phenolic OH excluding ortho intramolecular Hbond substituents is 1. The van der Waals surface area contributed by atoms with Crippen LogP contribution in [0, 0.1) is 0 Å². The maximum Gasteiger partial charge on any atom is 0.335 e. The molecule has 6 nitrogen and oxygen atoms in total. The number of nitrogens with one attached hydrogen (secondary N) is 1. The summed E-state index contributed by atoms with van der Waals surface area (Å²) in [6.07, 6.45) is 0.0528. The van der Waals surface area contributed by atoms with E-state index in [1.165, 1.54) is 23.5 Å². The lowest BCUT2D eigenvalue weighted by Crippen LogP contribution is -2.13. The maximum absolute atomic E-state index is 11.8. The third kappa shape index (κ3) is 3.92. The molecule has 0 aliphatic rings. The number of carbonyl (C=O) groups excluding carboxylic acids is 2. The van der Waals surface area contributed by atoms with Crippen LogP contribution in [-0.4, -0.2) is 27.9 Å². The topological polar surface area (TPSA) is 104 Å². The Morgan fingerprint density at radius 2 is 1.91 bits per heavy atom. The number of anilines is 1. The molecule has 1 aromatic heterocycles. The van der Waals surface area contributed by atoms with Crippen LogP contribution in [0.5, 0.6) is 5.75 Å². The SMILES string of the molecule is O=C(CCC(=O)c1cccs1)Nc1ccc(C(=O)O)cc1O. The van der Waals surface area contributed by atoms with Gasteiger partial charge < -0.3 is 15.5 Å². The van der Waals surface area contributed by atoms with Crippen molar-refractivity contribution in [2.45, 2.75) is 12.8 Å². The number of aromatic hydroxyl groups is 1. The van der Waals surface area contributed by atoms with Gasteiger partial charge in [-0.1, -0.05) is 6.07 Å². The lowest BCUT2D eigenvalue weighted by atomic mass is 10.1. The highest BCUT2D eigenvalue weighted by Crippen LogP contribution is 2.24. The Morgan fingerprint density at radius 3 is 2.50 bits per heavy atom. The average Bonchev–Trinajstić information content (AvgIpc) is 3.01. The molecule has 0 radical (unpaired) electrons. The summed E-state index contributed by atoms with van der Waals surface area (Å²) >= 11 is 1.32. The van der Waals surface area contributed by atoms with Crippen LogP contribution in [0.4, 0.5) is 5.69 Å². The molecule has 3 N–H and O–H groups in total. The van der Waals surface area contributed by atoms with E-state index in [1.54, 1.807) is 17.5 Å². The van der Waals surface area contributed by atoms with Crippen molar-refractivity contribution in [2.24, 2.45) is 0 Å². The standard InChI is InChI=1S/C15H13NO5S/c17-11(13-2-1-7-22-13)5-6-14(19)16-10-4-3-9(15(20)21)8-12(10)18/h1-4,7-8,18H,5-6H2,(H,16,19)(H,20,21). The van der Waals surface area contributed by atoms with Gasteiger partial charge in [0.2, 0.25) is 5.91 Å². The summed E-state index contributed by atoms with van der Waals surface area (Å²) in [5.41, 5.74) is 0.0296. The van der Waals surface area contributed by atoms with Gasteiger partial charge in [0, 0.05) is 12.8 Å². The number of hydrogen-bond acceptors (Lipinski definition) is 5. The van der Waals surface area contributed by atoms with E-state index in [-0.39, 0.29) is 35.6 Å². The monoisotopic (exact) mass is 319 g/mol. The number of phenols is 1. The minimum Gasteiger partial charge on any atom is -0.506 e. The molecule has 0 spiro atoms. The van der Waals surface area contributed by atoms with Crippen molar-refractivity contribution < 1.29 is 24.6 Å². The molecule has 1 heterocycles. The van der Waals surface area contributed by atoms with Crippen molar-refractivity contribution in [1.29, 1.82) is 0 Å². The van der Waals surface area contributed by atoms with E-state index in [0.717, 1.165) is 6.07 Å². The van der Waals surface area contributed by atoms with E-state index in [0.29, 0.717) is 4.88 Å². The third-order valence-corrected chi connectivity index (χ3v) is 3.80. The summed E-state index contributed by atoms with van der Waals surface area (Å²) in [5, 5.41) is 22.7. The molecule has 0 atom stereocenters. The molecule has 2 aromatic rings. The van der Waals surface area contributed by atoms with Gasteiger partial charge in [-0.15, -0.1) is 11.3 Å². The fourth-order valence-corrected chi connectivity index (χ4v) is 2.46. The summed E-state index contributed by atoms with van der Waals surface area (Å²) in [6.45, 7) is 0. The van der Waals surface area contributed by atoms with E-state index in [4.69, 9.17) is 5.11 Å². The Bertz CT molecular complexity index is 709. The molecule has 22 heavy (non-hydrogen) atoms. The van der Waals surface area contributed by atoms with Crippen molar-refractivity contribution in [2.75, 3.05) is 5.32 Å². The number of carbonyl (C=O) groups is 3. The van der Waals surface area contributed by atoms with Gasteiger partial charge in [0.15, 0.2) is 5.78 Å². The fraction of sp³-hybridized carbons (Fsp3) is 0.133. The zero-order valence-corrected chi connectivity index (χ0v) is 12.2. The second-order valence-electron chi connectivity index (χ2n) is 4.49. The van der Waals surface area contributed by atoms with Gasteiger partial charge in [0.1, 0.15) is 5.75 Å². The molecular weight excluding hydrogens is 306 g/mol. The molecule has 1 aromatic carbocycles. The molecule has 1 amide bonds. The summed E-state index contributed by atoms with van der Waals surface area (Å²) in [5.74, 6) is -2.05. The molecule has 0 unspecified atom stereocenters. The molecule has 0 bridgehead atoms. The lowest BCUT2D eigenvalue weighted by molar-refractivity contribution is -0.116. The number of amides is 1. The average molecular weight is 319 g/mol. The predicted molar refractivity (Wildman–Crippen MR) is 81.6 cm³/mol. The van der Waals surface area contributed by atoms with Crippen LogP contribution in [0.15, 0.2) is 35.7 Å². The van der Waals surface area contributed by atoms with Crippen LogP contribution in [0.25, 0.3) is 0 Å². The van der Waals surface area contributed by atoms with Crippen molar-refractivity contribution >= 4 is 34.7 Å². The number of hydrogen-bond donors (Lipinski definition) is 3. The number of thiophene rings is 1. The van der Waals surface area contributed by atoms with Gasteiger partial charge in [-0.3, -0.25) is 9.59 Å². The number of ketones is 1. The number of Topliss-reactive ketones (excluding diaryl/α,β-unsaturated/α-hetero) is 1. The van der Waals surface area contributed by atoms with Crippen LogP contribution >= 0.6 is 11.3 Å². The van der Waals surface area contributed by atoms with E-state index in [9.17, 15) is 19.5 Å². The molecule has 0 aliphatic heterocycles. The van der Waals surface area contributed by atoms with Crippen molar-refractivity contribution in [3.8, 4) is 5.75 Å². The summed E-state index contributed by atoms with van der Waals surface area (Å²) in [4.78, 5) is 34.9. The normalized spacial score (nSPS) is 10.2. The minimum absolute atomic E-state index is 0.0170. The molecule has 114 valence electrons. The van der Waals surface area contributed by atoms with Gasteiger partial charge in [-0.2, -0.15) is 0 Å². The number of carboxylic acids is 1. The highest BCUT2D eigenvalue weighted by Gasteiger charge is 2.13. The zero-order valence-electron chi connectivity index (χ0n) is 11.4. The van der Waals surface area contributed by atoms with Crippen LogP contribution in [0.1, 0.15) is 32.9 Å². The minimum atomic E-state index is -1.17. The van der Waals surface area contributed by atoms with Crippen LogP contribution in [0.2, 0.25) is 0 Å². The Balaban J connectivity index is 1.92. The predicted octanol–water partition coefficient (Wildman–Crippen LogP) is 2.75. The molecule has 2 rings (SSSR count). The van der Waals surface area contributed by atoms with Gasteiger partial charge in [-0.05, 0) is 29.6 Å². The Morgan fingerprint density at radius 1 is 1.14 bits per heavy atom. The van der Waals surface area contributed by atoms with Gasteiger partial charge >= 0.3 is 5.97 Å². The zero-order chi connectivity index (χ0) is 16.1. The molecule has 0 aliphatic carbocycles. The van der Waals surface area contributed by atoms with E-state index in [2.05, 4.69) is 5.32 Å². The number of carboxylic acid groups (broad SMARTS) is 1. The summed E-state index contributed by atoms with van der Waals surface area (Å²) in [7, 11) is 0. The quantitative estimate of drug-likeness (QED) is 0.561. The second-order valence-corrected chi connectivity index (χ2v) is 5.43. The van der Waals surface area contributed by atoms with Gasteiger partial charge in [0.25, 0.3) is 0 Å². The van der Waals surface area contributed by atoms with Crippen LogP contribution < -0.4 is 5.32 Å². The molecular formula is C15H13NO5S. The third-order valence-electron chi connectivity index (χ3n) is 2.89. The van der Waals surface area contributed by atoms with E-state index in [1.807, 2.05) is 0 Å². The number of benzene rings is 1. The first-order chi connectivity index (χ1) is 10.5. The maximum atomic E-state index is 11.8. The Labute approximate surface area is 130 Å². The van der Waals surface area contributed by atoms with Gasteiger partial charge in [-0.25, -0.2) is 4.79 Å². The highest BCUT2D eigenvalue weighted by molar-refractivity contribution is 7.12. The first-order valence-electron chi connectivity index (χ1n) is 6.40. The van der Waals surface area contributed by atoms with Crippen molar-refractivity contribution in [3.05, 3.63) is 46.2 Å². The van der Waals surface area contributed by atoms with Crippen molar-refractivity contribution in [1.82, 2.24) is 0 Å². The smallest absolute Gasteiger partial charge is 0.335 e. The van der Waals surface area contributed by atoms with Crippen molar-refractivity contribution in [3.63, 3.8) is 0 Å². The first kappa shape index (κ1) is 15.7. The Kier molecular flexibility index (Phi) is 4.90.